The Labute approximate surface area is 197 Å². The first-order chi connectivity index (χ1) is 16.3. The highest BCUT2D eigenvalue weighted by atomic mass is 32.2. The minimum absolute atomic E-state index is 0.0697. The predicted molar refractivity (Wildman–Crippen MR) is 123 cm³/mol. The molecular weight excluding hydrogens is 460 g/mol. The van der Waals surface area contributed by atoms with E-state index in [0.717, 1.165) is 12.2 Å². The Balaban J connectivity index is 1.39. The normalized spacial score (nSPS) is 18.9. The molecule has 0 radical (unpaired) electrons. The van der Waals surface area contributed by atoms with Crippen LogP contribution in [0.25, 0.3) is 0 Å². The summed E-state index contributed by atoms with van der Waals surface area (Å²) >= 11 is 0. The number of para-hydroxylation sites is 2. The lowest BCUT2D eigenvalue weighted by Gasteiger charge is -2.34. The van der Waals surface area contributed by atoms with Gasteiger partial charge < -0.3 is 20.3 Å². The van der Waals surface area contributed by atoms with Crippen LogP contribution in [0.15, 0.2) is 71.6 Å². The van der Waals surface area contributed by atoms with Crippen molar-refractivity contribution in [1.29, 1.82) is 0 Å². The molecule has 0 aliphatic carbocycles. The Morgan fingerprint density at radius 3 is 2.18 bits per heavy atom. The molecule has 2 aromatic rings. The highest BCUT2D eigenvalue weighted by Gasteiger charge is 2.32. The number of hydrogen-bond acceptors (Lipinski definition) is 6. The fourth-order valence-corrected chi connectivity index (χ4v) is 5.26. The second kappa shape index (κ2) is 9.65. The van der Waals surface area contributed by atoms with Crippen LogP contribution in [0, 0.1) is 0 Å². The van der Waals surface area contributed by atoms with E-state index in [9.17, 15) is 22.8 Å². The number of nitrogens with zero attached hydrogens (tertiary/aromatic N) is 3. The largest absolute Gasteiger partial charge is 0.477 e. The summed E-state index contributed by atoms with van der Waals surface area (Å²) in [6.45, 7) is 0.643. The number of hydrogen-bond donors (Lipinski definition) is 1. The first-order valence-corrected chi connectivity index (χ1v) is 12.1. The maximum absolute atomic E-state index is 12.8. The molecule has 34 heavy (non-hydrogen) atoms. The first-order valence-electron chi connectivity index (χ1n) is 10.7. The zero-order valence-corrected chi connectivity index (χ0v) is 19.1. The second-order valence-electron chi connectivity index (χ2n) is 7.80. The van der Waals surface area contributed by atoms with Gasteiger partial charge in [0.15, 0.2) is 6.10 Å². The number of benzene rings is 2. The third kappa shape index (κ3) is 4.80. The van der Waals surface area contributed by atoms with Gasteiger partial charge in [0, 0.05) is 38.3 Å². The number of nitrogens with two attached hydrogens (primary N) is 1. The molecule has 1 unspecified atom stereocenters. The minimum Gasteiger partial charge on any atom is -0.477 e. The summed E-state index contributed by atoms with van der Waals surface area (Å²) in [5.74, 6) is -1.25. The molecule has 1 fully saturated rings. The van der Waals surface area contributed by atoms with Crippen LogP contribution in [0.4, 0.5) is 5.69 Å². The van der Waals surface area contributed by atoms with Gasteiger partial charge in [-0.3, -0.25) is 14.4 Å². The predicted octanol–water partition coefficient (Wildman–Crippen LogP) is 0.355. The van der Waals surface area contributed by atoms with E-state index < -0.39 is 33.8 Å². The zero-order valence-electron chi connectivity index (χ0n) is 18.2. The Hall–Kier alpha value is -3.70. The van der Waals surface area contributed by atoms with Gasteiger partial charge in [-0.1, -0.05) is 30.3 Å². The van der Waals surface area contributed by atoms with Gasteiger partial charge in [0.2, 0.25) is 15.9 Å². The molecule has 2 aliphatic rings. The summed E-state index contributed by atoms with van der Waals surface area (Å²) in [5, 5.41) is 0. The van der Waals surface area contributed by atoms with Crippen molar-refractivity contribution >= 4 is 33.4 Å². The van der Waals surface area contributed by atoms with Crippen molar-refractivity contribution in [2.24, 2.45) is 5.73 Å². The van der Waals surface area contributed by atoms with E-state index in [-0.39, 0.29) is 37.6 Å². The van der Waals surface area contributed by atoms with Crippen molar-refractivity contribution in [3.05, 3.63) is 66.7 Å². The minimum atomic E-state index is -3.63. The quantitative estimate of drug-likeness (QED) is 0.610. The number of rotatable bonds is 5. The van der Waals surface area contributed by atoms with E-state index in [2.05, 4.69) is 0 Å². The van der Waals surface area contributed by atoms with Crippen molar-refractivity contribution in [2.75, 3.05) is 37.6 Å². The SMILES string of the molecule is NC(=O)C1CN(C(=O)C=CC(=O)N2CCN(S(=O)(=O)c3ccccc3)CC2)c2ccccc2O1. The lowest BCUT2D eigenvalue weighted by molar-refractivity contribution is -0.128. The van der Waals surface area contributed by atoms with Crippen LogP contribution in [0.1, 0.15) is 0 Å². The summed E-state index contributed by atoms with van der Waals surface area (Å²) in [7, 11) is -3.63. The van der Waals surface area contributed by atoms with Gasteiger partial charge in [-0.2, -0.15) is 4.31 Å². The van der Waals surface area contributed by atoms with Crippen molar-refractivity contribution in [3.63, 3.8) is 0 Å². The standard InChI is InChI=1S/C23H24N4O6S/c24-23(30)20-16-27(18-8-4-5-9-19(18)33-20)22(29)11-10-21(28)25-12-14-26(15-13-25)34(31,32)17-6-2-1-3-7-17/h1-11,20H,12-16H2,(H2,24,30). The molecule has 0 saturated carbocycles. The van der Waals surface area contributed by atoms with Crippen molar-refractivity contribution in [1.82, 2.24) is 9.21 Å². The van der Waals surface area contributed by atoms with Crippen LogP contribution < -0.4 is 15.4 Å². The van der Waals surface area contributed by atoms with Crippen LogP contribution >= 0.6 is 0 Å². The molecule has 2 aromatic carbocycles. The van der Waals surface area contributed by atoms with E-state index in [4.69, 9.17) is 10.5 Å². The maximum atomic E-state index is 12.8. The van der Waals surface area contributed by atoms with Crippen LogP contribution in [0.5, 0.6) is 5.75 Å². The molecule has 0 aromatic heterocycles. The van der Waals surface area contributed by atoms with Gasteiger partial charge in [0.1, 0.15) is 5.75 Å². The Bertz CT molecular complexity index is 1220. The molecule has 2 heterocycles. The first kappa shape index (κ1) is 23.5. The zero-order chi connectivity index (χ0) is 24.3. The van der Waals surface area contributed by atoms with Crippen molar-refractivity contribution in [3.8, 4) is 5.75 Å². The molecule has 2 aliphatic heterocycles. The average Bonchev–Trinajstić information content (AvgIpc) is 2.87. The van der Waals surface area contributed by atoms with Gasteiger partial charge in [0.25, 0.3) is 11.8 Å². The Kier molecular flexibility index (Phi) is 6.66. The number of ether oxygens (including phenoxy) is 1. The molecule has 4 rings (SSSR count). The van der Waals surface area contributed by atoms with E-state index in [1.165, 1.54) is 26.2 Å². The average molecular weight is 485 g/mol. The van der Waals surface area contributed by atoms with Gasteiger partial charge in [-0.05, 0) is 24.3 Å². The number of carbonyl (C=O) groups excluding carboxylic acids is 3. The molecule has 3 amide bonds. The van der Waals surface area contributed by atoms with Gasteiger partial charge >= 0.3 is 0 Å². The highest BCUT2D eigenvalue weighted by Crippen LogP contribution is 2.33. The van der Waals surface area contributed by atoms with Crippen molar-refractivity contribution < 1.29 is 27.5 Å². The van der Waals surface area contributed by atoms with Gasteiger partial charge in [-0.15, -0.1) is 0 Å². The van der Waals surface area contributed by atoms with Crippen LogP contribution in [-0.4, -0.2) is 74.2 Å². The fraction of sp³-hybridized carbons (Fsp3) is 0.261. The Morgan fingerprint density at radius 1 is 0.882 bits per heavy atom. The molecule has 0 bridgehead atoms. The molecule has 2 N–H and O–H groups in total. The van der Waals surface area contributed by atoms with Crippen LogP contribution in [0.3, 0.4) is 0 Å². The van der Waals surface area contributed by atoms with Crippen LogP contribution in [-0.2, 0) is 24.4 Å². The number of carbonyl (C=O) groups is 3. The van der Waals surface area contributed by atoms with Gasteiger partial charge in [-0.25, -0.2) is 8.42 Å². The molecule has 1 saturated heterocycles. The summed E-state index contributed by atoms with van der Waals surface area (Å²) < 4.78 is 32.4. The monoisotopic (exact) mass is 484 g/mol. The lowest BCUT2D eigenvalue weighted by atomic mass is 10.1. The van der Waals surface area contributed by atoms with Crippen molar-refractivity contribution in [2.45, 2.75) is 11.0 Å². The van der Waals surface area contributed by atoms with Gasteiger partial charge in [0.05, 0.1) is 17.1 Å². The molecule has 0 spiro atoms. The van der Waals surface area contributed by atoms with E-state index in [1.54, 1.807) is 42.5 Å². The van der Waals surface area contributed by atoms with Crippen LogP contribution in [0.2, 0.25) is 0 Å². The number of primary amides is 1. The van der Waals surface area contributed by atoms with E-state index in [0.29, 0.717) is 11.4 Å². The summed E-state index contributed by atoms with van der Waals surface area (Å²) in [4.78, 5) is 40.1. The number of anilines is 1. The molecule has 1 atom stereocenters. The maximum Gasteiger partial charge on any atom is 0.260 e. The number of fused-ring (bicyclic) bond motifs is 1. The number of sulfonamides is 1. The molecule has 11 heteroatoms. The number of amides is 3. The smallest absolute Gasteiger partial charge is 0.260 e. The topological polar surface area (TPSA) is 130 Å². The number of piperazine rings is 1. The molecule has 10 nitrogen and oxygen atoms in total. The Morgan fingerprint density at radius 2 is 1.50 bits per heavy atom. The lowest BCUT2D eigenvalue weighted by Crippen LogP contribution is -2.50. The summed E-state index contributed by atoms with van der Waals surface area (Å²) in [5.41, 5.74) is 5.83. The third-order valence-electron chi connectivity index (χ3n) is 5.66. The molecular formula is C23H24N4O6S. The molecule has 178 valence electrons. The summed E-state index contributed by atoms with van der Waals surface area (Å²) in [6.07, 6.45) is 1.29. The highest BCUT2D eigenvalue weighted by molar-refractivity contribution is 7.89. The second-order valence-corrected chi connectivity index (χ2v) is 9.74. The summed E-state index contributed by atoms with van der Waals surface area (Å²) in [6, 6.07) is 14.9. The van der Waals surface area contributed by atoms with E-state index >= 15 is 0 Å². The fourth-order valence-electron chi connectivity index (χ4n) is 3.82. The third-order valence-corrected chi connectivity index (χ3v) is 7.57. The van der Waals surface area contributed by atoms with E-state index in [1.807, 2.05) is 0 Å².